The van der Waals surface area contributed by atoms with E-state index in [2.05, 4.69) is 5.32 Å². The highest BCUT2D eigenvalue weighted by Crippen LogP contribution is 2.17. The van der Waals surface area contributed by atoms with E-state index in [0.717, 1.165) is 22.7 Å². The van der Waals surface area contributed by atoms with E-state index in [9.17, 15) is 4.79 Å². The highest BCUT2D eigenvalue weighted by Gasteiger charge is 2.04. The number of aryl methyl sites for hydroxylation is 1. The first-order valence-corrected chi connectivity index (χ1v) is 6.81. The SMILES string of the molecule is COc1ccc(NC(=O)CCOc2ccccc2C)cc1. The number of anilines is 1. The van der Waals surface area contributed by atoms with Crippen molar-refractivity contribution in [1.29, 1.82) is 0 Å². The smallest absolute Gasteiger partial charge is 0.227 e. The Hall–Kier alpha value is -2.49. The molecule has 0 saturated heterocycles. The molecule has 4 nitrogen and oxygen atoms in total. The summed E-state index contributed by atoms with van der Waals surface area (Å²) >= 11 is 0. The maximum Gasteiger partial charge on any atom is 0.227 e. The average Bonchev–Trinajstić information content (AvgIpc) is 2.50. The molecule has 0 saturated carbocycles. The summed E-state index contributed by atoms with van der Waals surface area (Å²) in [7, 11) is 1.61. The lowest BCUT2D eigenvalue weighted by molar-refractivity contribution is -0.116. The van der Waals surface area contributed by atoms with Crippen LogP contribution in [0.15, 0.2) is 48.5 Å². The van der Waals surface area contributed by atoms with E-state index in [1.165, 1.54) is 0 Å². The van der Waals surface area contributed by atoms with Crippen LogP contribution in [-0.4, -0.2) is 19.6 Å². The fourth-order valence-electron chi connectivity index (χ4n) is 1.87. The van der Waals surface area contributed by atoms with E-state index in [1.54, 1.807) is 31.4 Å². The number of para-hydroxylation sites is 1. The number of benzene rings is 2. The number of methoxy groups -OCH3 is 1. The molecule has 0 aromatic heterocycles. The van der Waals surface area contributed by atoms with Crippen LogP contribution in [-0.2, 0) is 4.79 Å². The standard InChI is InChI=1S/C17H19NO3/c1-13-5-3-4-6-16(13)21-12-11-17(19)18-14-7-9-15(20-2)10-8-14/h3-10H,11-12H2,1-2H3,(H,18,19). The second kappa shape index (κ2) is 7.33. The summed E-state index contributed by atoms with van der Waals surface area (Å²) in [4.78, 5) is 11.8. The van der Waals surface area contributed by atoms with Crippen LogP contribution in [0.3, 0.4) is 0 Å². The quantitative estimate of drug-likeness (QED) is 0.884. The average molecular weight is 285 g/mol. The first kappa shape index (κ1) is 14.9. The van der Waals surface area contributed by atoms with E-state index in [0.29, 0.717) is 13.0 Å². The van der Waals surface area contributed by atoms with Crippen LogP contribution in [0, 0.1) is 6.92 Å². The van der Waals surface area contributed by atoms with Crippen LogP contribution < -0.4 is 14.8 Å². The molecule has 2 rings (SSSR count). The van der Waals surface area contributed by atoms with Crippen molar-refractivity contribution in [2.75, 3.05) is 19.0 Å². The molecule has 0 spiro atoms. The third-order valence-corrected chi connectivity index (χ3v) is 3.05. The van der Waals surface area contributed by atoms with Gasteiger partial charge < -0.3 is 14.8 Å². The van der Waals surface area contributed by atoms with Crippen molar-refractivity contribution in [2.24, 2.45) is 0 Å². The summed E-state index contributed by atoms with van der Waals surface area (Å²) in [5.74, 6) is 1.50. The van der Waals surface area contributed by atoms with Crippen molar-refractivity contribution in [3.05, 3.63) is 54.1 Å². The minimum Gasteiger partial charge on any atom is -0.497 e. The van der Waals surface area contributed by atoms with E-state index < -0.39 is 0 Å². The first-order chi connectivity index (χ1) is 10.2. The van der Waals surface area contributed by atoms with E-state index in [-0.39, 0.29) is 5.91 Å². The second-order valence-electron chi connectivity index (χ2n) is 4.64. The van der Waals surface area contributed by atoms with Gasteiger partial charge in [0.1, 0.15) is 11.5 Å². The molecule has 4 heteroatoms. The van der Waals surface area contributed by atoms with Crippen molar-refractivity contribution in [2.45, 2.75) is 13.3 Å². The van der Waals surface area contributed by atoms with Gasteiger partial charge in [-0.1, -0.05) is 18.2 Å². The molecule has 21 heavy (non-hydrogen) atoms. The molecular formula is C17H19NO3. The number of rotatable bonds is 6. The van der Waals surface area contributed by atoms with Gasteiger partial charge in [-0.3, -0.25) is 4.79 Å². The lowest BCUT2D eigenvalue weighted by Crippen LogP contribution is -2.15. The molecule has 0 atom stereocenters. The Bertz CT molecular complexity index is 593. The van der Waals surface area contributed by atoms with Crippen molar-refractivity contribution in [3.8, 4) is 11.5 Å². The Kier molecular flexibility index (Phi) is 5.21. The van der Waals surface area contributed by atoms with E-state index >= 15 is 0 Å². The van der Waals surface area contributed by atoms with Gasteiger partial charge in [0.2, 0.25) is 5.91 Å². The van der Waals surface area contributed by atoms with Gasteiger partial charge >= 0.3 is 0 Å². The van der Waals surface area contributed by atoms with Gasteiger partial charge in [-0.15, -0.1) is 0 Å². The molecule has 2 aromatic rings. The van der Waals surface area contributed by atoms with E-state index in [1.807, 2.05) is 31.2 Å². The molecule has 2 aromatic carbocycles. The molecule has 0 aliphatic carbocycles. The Morgan fingerprint density at radius 3 is 2.48 bits per heavy atom. The molecule has 0 bridgehead atoms. The lowest BCUT2D eigenvalue weighted by Gasteiger charge is -2.09. The van der Waals surface area contributed by atoms with Gasteiger partial charge in [-0.25, -0.2) is 0 Å². The molecule has 0 heterocycles. The summed E-state index contributed by atoms with van der Waals surface area (Å²) in [6, 6.07) is 15.0. The largest absolute Gasteiger partial charge is 0.497 e. The minimum atomic E-state index is -0.0752. The van der Waals surface area contributed by atoms with Gasteiger partial charge in [0.25, 0.3) is 0 Å². The van der Waals surface area contributed by atoms with Crippen LogP contribution in [0.25, 0.3) is 0 Å². The number of amides is 1. The zero-order chi connectivity index (χ0) is 15.1. The van der Waals surface area contributed by atoms with Crippen LogP contribution >= 0.6 is 0 Å². The summed E-state index contributed by atoms with van der Waals surface area (Å²) in [6.07, 6.45) is 0.306. The maximum atomic E-state index is 11.8. The molecule has 0 unspecified atom stereocenters. The number of carbonyl (C=O) groups is 1. The fraction of sp³-hybridized carbons (Fsp3) is 0.235. The Labute approximate surface area is 124 Å². The van der Waals surface area contributed by atoms with E-state index in [4.69, 9.17) is 9.47 Å². The summed E-state index contributed by atoms with van der Waals surface area (Å²) in [6.45, 7) is 2.33. The summed E-state index contributed by atoms with van der Waals surface area (Å²) in [5, 5.41) is 2.82. The highest BCUT2D eigenvalue weighted by molar-refractivity contribution is 5.90. The second-order valence-corrected chi connectivity index (χ2v) is 4.64. The molecule has 1 amide bonds. The van der Waals surface area contributed by atoms with Crippen LogP contribution in [0.1, 0.15) is 12.0 Å². The Morgan fingerprint density at radius 1 is 1.10 bits per heavy atom. The first-order valence-electron chi connectivity index (χ1n) is 6.81. The molecule has 1 N–H and O–H groups in total. The van der Waals surface area contributed by atoms with Crippen molar-refractivity contribution in [1.82, 2.24) is 0 Å². The third-order valence-electron chi connectivity index (χ3n) is 3.05. The predicted octanol–water partition coefficient (Wildman–Crippen LogP) is 3.41. The van der Waals surface area contributed by atoms with Crippen LogP contribution in [0.5, 0.6) is 11.5 Å². The summed E-state index contributed by atoms with van der Waals surface area (Å²) in [5.41, 5.74) is 1.81. The van der Waals surface area contributed by atoms with Gasteiger partial charge in [0, 0.05) is 5.69 Å². The topological polar surface area (TPSA) is 47.6 Å². The maximum absolute atomic E-state index is 11.8. The Morgan fingerprint density at radius 2 is 1.81 bits per heavy atom. The number of hydrogen-bond acceptors (Lipinski definition) is 3. The number of nitrogens with one attached hydrogen (secondary N) is 1. The predicted molar refractivity (Wildman–Crippen MR) is 82.9 cm³/mol. The highest BCUT2D eigenvalue weighted by atomic mass is 16.5. The van der Waals surface area contributed by atoms with Gasteiger partial charge in [-0.2, -0.15) is 0 Å². The Balaban J connectivity index is 1.78. The normalized spacial score (nSPS) is 10.0. The lowest BCUT2D eigenvalue weighted by atomic mass is 10.2. The summed E-state index contributed by atoms with van der Waals surface area (Å²) < 4.78 is 10.7. The molecule has 0 aliphatic rings. The molecule has 110 valence electrons. The molecule has 0 fully saturated rings. The van der Waals surface area contributed by atoms with Gasteiger partial charge in [0.15, 0.2) is 0 Å². The van der Waals surface area contributed by atoms with Crippen LogP contribution in [0.4, 0.5) is 5.69 Å². The van der Waals surface area contributed by atoms with Gasteiger partial charge in [-0.05, 0) is 42.8 Å². The number of hydrogen-bond donors (Lipinski definition) is 1. The zero-order valence-electron chi connectivity index (χ0n) is 12.3. The minimum absolute atomic E-state index is 0.0752. The van der Waals surface area contributed by atoms with Crippen LogP contribution in [0.2, 0.25) is 0 Å². The van der Waals surface area contributed by atoms with Gasteiger partial charge in [0.05, 0.1) is 20.1 Å². The van der Waals surface area contributed by atoms with Crippen molar-refractivity contribution >= 4 is 11.6 Å². The number of carbonyl (C=O) groups excluding carboxylic acids is 1. The number of ether oxygens (including phenoxy) is 2. The van der Waals surface area contributed by atoms with Crippen molar-refractivity contribution in [3.63, 3.8) is 0 Å². The van der Waals surface area contributed by atoms with Crippen molar-refractivity contribution < 1.29 is 14.3 Å². The zero-order valence-corrected chi connectivity index (χ0v) is 12.3. The molecule has 0 radical (unpaired) electrons. The molecule has 0 aliphatic heterocycles. The molecular weight excluding hydrogens is 266 g/mol. The monoisotopic (exact) mass is 285 g/mol. The third kappa shape index (κ3) is 4.53. The fourth-order valence-corrected chi connectivity index (χ4v) is 1.87.